The molecule has 1 aliphatic heterocycles. The van der Waals surface area contributed by atoms with Crippen LogP contribution in [0.5, 0.6) is 0 Å². The van der Waals surface area contributed by atoms with E-state index in [9.17, 15) is 4.79 Å². The SMILES string of the molecule is COC(=O)CCN1C(=S)N[C@@H](c2ccccn2)[C@@H]1c1cc(C)n(-c2ncccc2C)c1C. The molecule has 7 nitrogen and oxygen atoms in total. The largest absolute Gasteiger partial charge is 0.469 e. The second kappa shape index (κ2) is 9.08. The van der Waals surface area contributed by atoms with Gasteiger partial charge in [-0.1, -0.05) is 12.1 Å². The Bertz CT molecular complexity index is 1140. The van der Waals surface area contributed by atoms with E-state index in [1.165, 1.54) is 7.11 Å². The summed E-state index contributed by atoms with van der Waals surface area (Å²) in [5, 5.41) is 4.04. The molecule has 3 aromatic rings. The topological polar surface area (TPSA) is 72.3 Å². The molecule has 1 N–H and O–H groups in total. The molecule has 0 radical (unpaired) electrons. The van der Waals surface area contributed by atoms with Gasteiger partial charge < -0.3 is 19.5 Å². The van der Waals surface area contributed by atoms with Crippen molar-refractivity contribution >= 4 is 23.3 Å². The average Bonchev–Trinajstić information content (AvgIpc) is 3.28. The van der Waals surface area contributed by atoms with Gasteiger partial charge in [-0.25, -0.2) is 4.98 Å². The molecule has 1 fully saturated rings. The van der Waals surface area contributed by atoms with Crippen LogP contribution in [0.3, 0.4) is 0 Å². The highest BCUT2D eigenvalue weighted by atomic mass is 32.1. The second-order valence-corrected chi connectivity index (χ2v) is 8.34. The number of aryl methyl sites for hydroxylation is 2. The molecule has 0 saturated carbocycles. The van der Waals surface area contributed by atoms with Crippen molar-refractivity contribution in [1.82, 2.24) is 24.8 Å². The number of rotatable bonds is 6. The quantitative estimate of drug-likeness (QED) is 0.454. The van der Waals surface area contributed by atoms with E-state index in [-0.39, 0.29) is 24.5 Å². The number of aromatic nitrogens is 3. The van der Waals surface area contributed by atoms with Crippen LogP contribution in [0.4, 0.5) is 0 Å². The van der Waals surface area contributed by atoms with Crippen molar-refractivity contribution in [2.75, 3.05) is 13.7 Å². The smallest absolute Gasteiger partial charge is 0.307 e. The van der Waals surface area contributed by atoms with Crippen LogP contribution in [0, 0.1) is 20.8 Å². The number of nitrogens with one attached hydrogen (secondary N) is 1. The van der Waals surface area contributed by atoms with E-state index in [4.69, 9.17) is 17.0 Å². The number of nitrogens with zero attached hydrogens (tertiary/aromatic N) is 4. The third-order valence-electron chi connectivity index (χ3n) is 5.96. The number of pyridine rings is 2. The second-order valence-electron chi connectivity index (χ2n) is 7.95. The van der Waals surface area contributed by atoms with E-state index in [0.29, 0.717) is 11.7 Å². The zero-order valence-corrected chi connectivity index (χ0v) is 19.5. The summed E-state index contributed by atoms with van der Waals surface area (Å²) in [6, 6.07) is 11.8. The van der Waals surface area contributed by atoms with Crippen LogP contribution in [0.1, 0.15) is 46.7 Å². The van der Waals surface area contributed by atoms with Crippen LogP contribution < -0.4 is 5.32 Å². The summed E-state index contributed by atoms with van der Waals surface area (Å²) in [6.07, 6.45) is 3.85. The maximum absolute atomic E-state index is 11.9. The number of esters is 1. The van der Waals surface area contributed by atoms with Gasteiger partial charge in [-0.05, 0) is 68.4 Å². The molecule has 2 atom stereocenters. The van der Waals surface area contributed by atoms with Gasteiger partial charge in [-0.2, -0.15) is 0 Å². The number of hydrogen-bond donors (Lipinski definition) is 1. The summed E-state index contributed by atoms with van der Waals surface area (Å²) in [5.41, 5.74) is 5.30. The summed E-state index contributed by atoms with van der Waals surface area (Å²) < 4.78 is 7.04. The van der Waals surface area contributed by atoms with Crippen molar-refractivity contribution in [2.24, 2.45) is 0 Å². The molecule has 1 saturated heterocycles. The van der Waals surface area contributed by atoms with Crippen LogP contribution >= 0.6 is 12.2 Å². The van der Waals surface area contributed by atoms with Crippen molar-refractivity contribution in [3.05, 3.63) is 77.0 Å². The van der Waals surface area contributed by atoms with Gasteiger partial charge in [0.2, 0.25) is 0 Å². The molecular weight excluding hydrogens is 422 g/mol. The zero-order valence-electron chi connectivity index (χ0n) is 18.7. The van der Waals surface area contributed by atoms with Crippen LogP contribution in [0.2, 0.25) is 0 Å². The van der Waals surface area contributed by atoms with Gasteiger partial charge in [0.25, 0.3) is 0 Å². The molecule has 1 aliphatic rings. The van der Waals surface area contributed by atoms with Gasteiger partial charge >= 0.3 is 5.97 Å². The fourth-order valence-corrected chi connectivity index (χ4v) is 4.75. The minimum absolute atomic E-state index is 0.119. The molecule has 4 heterocycles. The van der Waals surface area contributed by atoms with Crippen LogP contribution in [0.25, 0.3) is 5.82 Å². The minimum Gasteiger partial charge on any atom is -0.469 e. The molecule has 0 amide bonds. The van der Waals surface area contributed by atoms with E-state index in [0.717, 1.165) is 34.0 Å². The lowest BCUT2D eigenvalue weighted by Crippen LogP contribution is -2.32. The lowest BCUT2D eigenvalue weighted by Gasteiger charge is -2.28. The molecule has 166 valence electrons. The highest BCUT2D eigenvalue weighted by Gasteiger charge is 2.41. The van der Waals surface area contributed by atoms with Gasteiger partial charge in [0, 0.05) is 30.3 Å². The lowest BCUT2D eigenvalue weighted by atomic mass is 9.96. The Hall–Kier alpha value is -3.26. The molecule has 0 unspecified atom stereocenters. The van der Waals surface area contributed by atoms with Gasteiger partial charge in [0.05, 0.1) is 31.3 Å². The summed E-state index contributed by atoms with van der Waals surface area (Å²) in [4.78, 5) is 23.2. The monoisotopic (exact) mass is 449 g/mol. The molecule has 8 heteroatoms. The van der Waals surface area contributed by atoms with E-state index in [2.05, 4.69) is 57.7 Å². The fourth-order valence-electron chi connectivity index (χ4n) is 4.42. The Kier molecular flexibility index (Phi) is 6.23. The highest BCUT2D eigenvalue weighted by molar-refractivity contribution is 7.80. The van der Waals surface area contributed by atoms with Crippen molar-refractivity contribution in [3.63, 3.8) is 0 Å². The molecule has 0 aromatic carbocycles. The molecule has 0 bridgehead atoms. The molecule has 4 rings (SSSR count). The molecule has 0 spiro atoms. The number of thiocarbonyl (C=S) groups is 1. The van der Waals surface area contributed by atoms with Crippen LogP contribution in [-0.4, -0.2) is 44.2 Å². The number of ether oxygens (including phenoxy) is 1. The molecule has 32 heavy (non-hydrogen) atoms. The van der Waals surface area contributed by atoms with E-state index < -0.39 is 0 Å². The zero-order chi connectivity index (χ0) is 22.8. The lowest BCUT2D eigenvalue weighted by molar-refractivity contribution is -0.140. The first-order chi connectivity index (χ1) is 15.4. The summed E-state index contributed by atoms with van der Waals surface area (Å²) >= 11 is 5.70. The molecule has 0 aliphatic carbocycles. The van der Waals surface area contributed by atoms with E-state index >= 15 is 0 Å². The van der Waals surface area contributed by atoms with Crippen molar-refractivity contribution in [3.8, 4) is 5.82 Å². The maximum atomic E-state index is 11.9. The highest BCUT2D eigenvalue weighted by Crippen LogP contribution is 2.41. The Labute approximate surface area is 193 Å². The average molecular weight is 450 g/mol. The van der Waals surface area contributed by atoms with Crippen LogP contribution in [0.15, 0.2) is 48.8 Å². The third kappa shape index (κ3) is 3.98. The van der Waals surface area contributed by atoms with Gasteiger partial charge in [0.1, 0.15) is 5.82 Å². The standard InChI is InChI=1S/C24H27N5O2S/c1-15-8-7-12-26-23(15)29-16(2)14-18(17(29)3)22-21(19-9-5-6-11-25-19)27-24(32)28(22)13-10-20(30)31-4/h5-9,11-12,14,21-22H,10,13H2,1-4H3,(H,27,32)/t21-,22-/m0/s1. The number of carbonyl (C=O) groups excluding carboxylic acids is 1. The van der Waals surface area contributed by atoms with Crippen molar-refractivity contribution in [2.45, 2.75) is 39.3 Å². The predicted molar refractivity (Wildman–Crippen MR) is 127 cm³/mol. The van der Waals surface area contributed by atoms with Crippen molar-refractivity contribution in [1.29, 1.82) is 0 Å². The van der Waals surface area contributed by atoms with Gasteiger partial charge in [-0.3, -0.25) is 9.78 Å². The maximum Gasteiger partial charge on any atom is 0.307 e. The van der Waals surface area contributed by atoms with Crippen LogP contribution in [-0.2, 0) is 9.53 Å². The normalized spacial score (nSPS) is 18.0. The Morgan fingerprint density at radius 3 is 2.62 bits per heavy atom. The molecule has 3 aromatic heterocycles. The van der Waals surface area contributed by atoms with Gasteiger partial charge in [-0.15, -0.1) is 0 Å². The first-order valence-corrected chi connectivity index (χ1v) is 11.0. The summed E-state index contributed by atoms with van der Waals surface area (Å²) in [7, 11) is 1.40. The minimum atomic E-state index is -0.262. The third-order valence-corrected chi connectivity index (χ3v) is 6.32. The number of carbonyl (C=O) groups is 1. The Morgan fingerprint density at radius 2 is 1.94 bits per heavy atom. The van der Waals surface area contributed by atoms with E-state index in [1.54, 1.807) is 6.20 Å². The van der Waals surface area contributed by atoms with E-state index in [1.807, 2.05) is 30.5 Å². The fraction of sp³-hybridized carbons (Fsp3) is 0.333. The summed E-state index contributed by atoms with van der Waals surface area (Å²) in [6.45, 7) is 6.71. The predicted octanol–water partition coefficient (Wildman–Crippen LogP) is 3.73. The number of hydrogen-bond acceptors (Lipinski definition) is 5. The Morgan fingerprint density at radius 1 is 1.16 bits per heavy atom. The first-order valence-electron chi connectivity index (χ1n) is 10.6. The molecular formula is C24H27N5O2S. The van der Waals surface area contributed by atoms with Crippen molar-refractivity contribution < 1.29 is 9.53 Å². The first kappa shape index (κ1) is 22.0. The summed E-state index contributed by atoms with van der Waals surface area (Å²) in [5.74, 6) is 0.653. The Balaban J connectivity index is 1.81. The van der Waals surface area contributed by atoms with Gasteiger partial charge in [0.15, 0.2) is 5.11 Å². The number of methoxy groups -OCH3 is 1.